The number of rotatable bonds is 5. The highest BCUT2D eigenvalue weighted by atomic mass is 15.2. The van der Waals surface area contributed by atoms with E-state index in [1.807, 2.05) is 0 Å². The predicted octanol–water partition coefficient (Wildman–Crippen LogP) is 3.08. The predicted molar refractivity (Wildman–Crippen MR) is 78.8 cm³/mol. The molecule has 2 heteroatoms. The fourth-order valence-corrected chi connectivity index (χ4v) is 3.58. The fraction of sp³-hybridized carbons (Fsp3) is 1.00. The van der Waals surface area contributed by atoms with Crippen molar-refractivity contribution in [3.05, 3.63) is 0 Å². The molecule has 0 saturated carbocycles. The lowest BCUT2D eigenvalue weighted by Gasteiger charge is -2.45. The van der Waals surface area contributed by atoms with Crippen molar-refractivity contribution >= 4 is 0 Å². The van der Waals surface area contributed by atoms with Crippen molar-refractivity contribution in [3.8, 4) is 0 Å². The number of nitrogens with zero attached hydrogens (tertiary/aromatic N) is 2. The highest BCUT2D eigenvalue weighted by Gasteiger charge is 2.30. The third-order valence-electron chi connectivity index (χ3n) is 4.74. The second-order valence-electron chi connectivity index (χ2n) is 7.29. The Labute approximate surface area is 114 Å². The summed E-state index contributed by atoms with van der Waals surface area (Å²) in [4.78, 5) is 5.31. The van der Waals surface area contributed by atoms with E-state index in [-0.39, 0.29) is 0 Å². The van der Waals surface area contributed by atoms with Crippen molar-refractivity contribution in [1.29, 1.82) is 0 Å². The average molecular weight is 252 g/mol. The number of hydrogen-bond acceptors (Lipinski definition) is 2. The van der Waals surface area contributed by atoms with Gasteiger partial charge >= 0.3 is 0 Å². The molecule has 2 saturated heterocycles. The smallest absolute Gasteiger partial charge is 0.00388 e. The van der Waals surface area contributed by atoms with Gasteiger partial charge in [-0.1, -0.05) is 13.8 Å². The molecule has 0 spiro atoms. The van der Waals surface area contributed by atoms with Gasteiger partial charge in [0.2, 0.25) is 0 Å². The summed E-state index contributed by atoms with van der Waals surface area (Å²) in [5.41, 5.74) is 0. The molecule has 0 atom stereocenters. The molecule has 0 amide bonds. The van der Waals surface area contributed by atoms with Gasteiger partial charge < -0.3 is 9.80 Å². The first-order valence-corrected chi connectivity index (χ1v) is 8.01. The van der Waals surface area contributed by atoms with Gasteiger partial charge in [0.25, 0.3) is 0 Å². The second kappa shape index (κ2) is 6.38. The Hall–Kier alpha value is -0.0800. The van der Waals surface area contributed by atoms with Gasteiger partial charge in [-0.05, 0) is 64.0 Å². The molecule has 0 N–H and O–H groups in total. The summed E-state index contributed by atoms with van der Waals surface area (Å²) in [7, 11) is 0. The first-order chi connectivity index (χ1) is 8.54. The normalized spacial score (nSPS) is 25.0. The summed E-state index contributed by atoms with van der Waals surface area (Å²) in [5, 5.41) is 0. The molecule has 0 aromatic heterocycles. The first-order valence-electron chi connectivity index (χ1n) is 8.01. The lowest BCUT2D eigenvalue weighted by atomic mass is 9.88. The molecular weight excluding hydrogens is 220 g/mol. The molecule has 18 heavy (non-hydrogen) atoms. The molecule has 0 unspecified atom stereocenters. The molecule has 2 rings (SSSR count). The Kier molecular flexibility index (Phi) is 5.08. The molecule has 0 aliphatic carbocycles. The van der Waals surface area contributed by atoms with Gasteiger partial charge in [0.1, 0.15) is 0 Å². The first kappa shape index (κ1) is 14.3. The lowest BCUT2D eigenvalue weighted by Crippen LogP contribution is -2.54. The second-order valence-corrected chi connectivity index (χ2v) is 7.29. The van der Waals surface area contributed by atoms with Crippen molar-refractivity contribution in [2.45, 2.75) is 53.0 Å². The average Bonchev–Trinajstić information content (AvgIpc) is 2.23. The van der Waals surface area contributed by atoms with E-state index in [4.69, 9.17) is 0 Å². The summed E-state index contributed by atoms with van der Waals surface area (Å²) < 4.78 is 0. The number of hydrogen-bond donors (Lipinski definition) is 0. The van der Waals surface area contributed by atoms with E-state index in [1.54, 1.807) is 0 Å². The molecule has 2 aliphatic heterocycles. The van der Waals surface area contributed by atoms with Gasteiger partial charge in [0, 0.05) is 25.7 Å². The monoisotopic (exact) mass is 252 g/mol. The van der Waals surface area contributed by atoms with Gasteiger partial charge in [-0.3, -0.25) is 0 Å². The van der Waals surface area contributed by atoms with Crippen LogP contribution in [0.4, 0.5) is 0 Å². The minimum Gasteiger partial charge on any atom is -0.303 e. The van der Waals surface area contributed by atoms with Crippen LogP contribution < -0.4 is 0 Å². The Bertz CT molecular complexity index is 235. The van der Waals surface area contributed by atoms with Gasteiger partial charge in [-0.25, -0.2) is 0 Å². The molecule has 0 radical (unpaired) electrons. The zero-order valence-corrected chi connectivity index (χ0v) is 12.9. The highest BCUT2D eigenvalue weighted by molar-refractivity contribution is 4.85. The SMILES string of the molecule is CC(C)CC1CCN(CC2CN(C(C)C)C2)CC1. The van der Waals surface area contributed by atoms with E-state index in [2.05, 4.69) is 37.5 Å². The van der Waals surface area contributed by atoms with Gasteiger partial charge in [0.05, 0.1) is 0 Å². The van der Waals surface area contributed by atoms with Crippen LogP contribution in [0.5, 0.6) is 0 Å². The van der Waals surface area contributed by atoms with Crippen LogP contribution in [-0.4, -0.2) is 48.6 Å². The van der Waals surface area contributed by atoms with Crippen molar-refractivity contribution in [1.82, 2.24) is 9.80 Å². The third kappa shape index (κ3) is 3.96. The molecule has 2 aliphatic rings. The van der Waals surface area contributed by atoms with E-state index in [0.29, 0.717) is 0 Å². The van der Waals surface area contributed by atoms with Crippen molar-refractivity contribution in [3.63, 3.8) is 0 Å². The molecule has 0 aromatic rings. The van der Waals surface area contributed by atoms with E-state index in [1.165, 1.54) is 52.0 Å². The standard InChI is InChI=1S/C16H32N2/c1-13(2)9-15-5-7-17(8-6-15)10-16-11-18(12-16)14(3)4/h13-16H,5-12H2,1-4H3. The fourth-order valence-electron chi connectivity index (χ4n) is 3.58. The van der Waals surface area contributed by atoms with Crippen molar-refractivity contribution in [2.75, 3.05) is 32.7 Å². The van der Waals surface area contributed by atoms with Crippen LogP contribution in [0.1, 0.15) is 47.0 Å². The molecule has 2 fully saturated rings. The maximum Gasteiger partial charge on any atom is 0.00388 e. The van der Waals surface area contributed by atoms with Gasteiger partial charge in [0.15, 0.2) is 0 Å². The summed E-state index contributed by atoms with van der Waals surface area (Å²) in [6.45, 7) is 16.1. The van der Waals surface area contributed by atoms with E-state index in [9.17, 15) is 0 Å². The number of likely N-dealkylation sites (tertiary alicyclic amines) is 2. The van der Waals surface area contributed by atoms with Gasteiger partial charge in [-0.2, -0.15) is 0 Å². The quantitative estimate of drug-likeness (QED) is 0.742. The molecule has 2 heterocycles. The van der Waals surface area contributed by atoms with Crippen LogP contribution in [0, 0.1) is 17.8 Å². The Morgan fingerprint density at radius 2 is 1.56 bits per heavy atom. The van der Waals surface area contributed by atoms with E-state index >= 15 is 0 Å². The number of piperidine rings is 1. The lowest BCUT2D eigenvalue weighted by molar-refractivity contribution is 0.0329. The summed E-state index contributed by atoms with van der Waals surface area (Å²) in [6, 6.07) is 0.748. The maximum absolute atomic E-state index is 2.72. The van der Waals surface area contributed by atoms with Crippen LogP contribution in [0.15, 0.2) is 0 Å². The minimum absolute atomic E-state index is 0.748. The molecule has 106 valence electrons. The van der Waals surface area contributed by atoms with Crippen molar-refractivity contribution < 1.29 is 0 Å². The summed E-state index contributed by atoms with van der Waals surface area (Å²) in [5.74, 6) is 2.84. The minimum atomic E-state index is 0.748. The maximum atomic E-state index is 2.72. The topological polar surface area (TPSA) is 6.48 Å². The van der Waals surface area contributed by atoms with Crippen LogP contribution in [0.3, 0.4) is 0 Å². The van der Waals surface area contributed by atoms with E-state index < -0.39 is 0 Å². The zero-order valence-electron chi connectivity index (χ0n) is 12.9. The Morgan fingerprint density at radius 3 is 2.06 bits per heavy atom. The Balaban J connectivity index is 1.60. The third-order valence-corrected chi connectivity index (χ3v) is 4.74. The molecule has 0 aromatic carbocycles. The molecule has 2 nitrogen and oxygen atoms in total. The van der Waals surface area contributed by atoms with Crippen LogP contribution in [0.2, 0.25) is 0 Å². The van der Waals surface area contributed by atoms with Crippen LogP contribution in [0.25, 0.3) is 0 Å². The molecular formula is C16H32N2. The Morgan fingerprint density at radius 1 is 0.944 bits per heavy atom. The summed E-state index contributed by atoms with van der Waals surface area (Å²) in [6.07, 6.45) is 4.33. The highest BCUT2D eigenvalue weighted by Crippen LogP contribution is 2.26. The van der Waals surface area contributed by atoms with Gasteiger partial charge in [-0.15, -0.1) is 0 Å². The summed E-state index contributed by atoms with van der Waals surface area (Å²) >= 11 is 0. The largest absolute Gasteiger partial charge is 0.303 e. The van der Waals surface area contributed by atoms with E-state index in [0.717, 1.165) is 23.8 Å². The zero-order chi connectivity index (χ0) is 13.1. The van der Waals surface area contributed by atoms with Crippen LogP contribution >= 0.6 is 0 Å². The van der Waals surface area contributed by atoms with Crippen molar-refractivity contribution in [2.24, 2.45) is 17.8 Å². The molecule has 0 bridgehead atoms. The van der Waals surface area contributed by atoms with Crippen LogP contribution in [-0.2, 0) is 0 Å².